The van der Waals surface area contributed by atoms with Crippen molar-refractivity contribution in [1.29, 1.82) is 0 Å². The molecule has 0 radical (unpaired) electrons. The fourth-order valence-electron chi connectivity index (χ4n) is 3.78. The van der Waals surface area contributed by atoms with Crippen LogP contribution in [0.4, 0.5) is 0 Å². The molecule has 0 unspecified atom stereocenters. The van der Waals surface area contributed by atoms with Crippen molar-refractivity contribution in [3.63, 3.8) is 0 Å². The number of hydrogen-bond acceptors (Lipinski definition) is 5. The molecule has 0 bridgehead atoms. The number of piperidine rings is 1. The monoisotopic (exact) mass is 400 g/mol. The number of carbonyl (C=O) groups excluding carboxylic acids is 2. The molecule has 2 amide bonds. The molecule has 2 aromatic rings. The average molecular weight is 401 g/mol. The maximum atomic E-state index is 13.0. The Balaban J connectivity index is 1.34. The molecule has 2 aliphatic heterocycles. The van der Waals surface area contributed by atoms with Crippen LogP contribution in [0.3, 0.4) is 0 Å². The second-order valence-corrected chi connectivity index (χ2v) is 8.23. The lowest BCUT2D eigenvalue weighted by Crippen LogP contribution is -2.48. The number of likely N-dealkylation sites (N-methyl/N-ethyl adjacent to an activating group) is 1. The molecular weight excluding hydrogens is 376 g/mol. The first-order valence-corrected chi connectivity index (χ1v) is 10.5. The third-order valence-corrected chi connectivity index (χ3v) is 6.07. The van der Waals surface area contributed by atoms with Crippen LogP contribution in [-0.2, 0) is 4.79 Å². The van der Waals surface area contributed by atoms with Gasteiger partial charge in [0.1, 0.15) is 6.61 Å². The second-order valence-electron chi connectivity index (χ2n) is 7.28. The fraction of sp³-hybridized carbons (Fsp3) is 0.429. The zero-order valence-corrected chi connectivity index (χ0v) is 16.7. The van der Waals surface area contributed by atoms with Crippen molar-refractivity contribution in [2.75, 3.05) is 33.3 Å². The zero-order chi connectivity index (χ0) is 19.5. The second kappa shape index (κ2) is 8.22. The minimum atomic E-state index is -0.198. The topological polar surface area (TPSA) is 59.1 Å². The summed E-state index contributed by atoms with van der Waals surface area (Å²) in [4.78, 5) is 29.8. The molecule has 0 aliphatic carbocycles. The molecule has 148 valence electrons. The Morgan fingerprint density at radius 1 is 1.21 bits per heavy atom. The number of nitrogens with zero attached hydrogens (tertiary/aromatic N) is 2. The van der Waals surface area contributed by atoms with Gasteiger partial charge < -0.3 is 19.3 Å². The van der Waals surface area contributed by atoms with Crippen LogP contribution in [0, 0.1) is 5.92 Å². The molecule has 4 rings (SSSR count). The highest BCUT2D eigenvalue weighted by Gasteiger charge is 2.32. The predicted octanol–water partition coefficient (Wildman–Crippen LogP) is 2.90. The van der Waals surface area contributed by atoms with Gasteiger partial charge in [-0.25, -0.2) is 0 Å². The Bertz CT molecular complexity index is 839. The van der Waals surface area contributed by atoms with Crippen LogP contribution in [-0.4, -0.2) is 61.0 Å². The Morgan fingerprint density at radius 3 is 2.82 bits per heavy atom. The summed E-state index contributed by atoms with van der Waals surface area (Å²) in [5.41, 5.74) is 0. The van der Waals surface area contributed by atoms with E-state index in [0.717, 1.165) is 23.5 Å². The van der Waals surface area contributed by atoms with Gasteiger partial charge in [-0.2, -0.15) is 0 Å². The van der Waals surface area contributed by atoms with E-state index in [0.29, 0.717) is 32.0 Å². The van der Waals surface area contributed by atoms with Gasteiger partial charge in [-0.1, -0.05) is 18.2 Å². The minimum Gasteiger partial charge on any atom is -0.486 e. The molecule has 7 heteroatoms. The highest BCUT2D eigenvalue weighted by atomic mass is 32.1. The van der Waals surface area contributed by atoms with Crippen molar-refractivity contribution in [2.24, 2.45) is 5.92 Å². The standard InChI is InChI=1S/C21H24N2O4S/c1-22(13-16-14-26-17-7-2-3-8-18(17)27-16)20(24)15-6-4-10-23(12-15)21(25)19-9-5-11-28-19/h2-3,5,7-9,11,15-16H,4,6,10,12-14H2,1H3/t15-,16-/m1/s1. The Morgan fingerprint density at radius 2 is 2.04 bits per heavy atom. The molecule has 0 saturated carbocycles. The number of likely N-dealkylation sites (tertiary alicyclic amines) is 1. The maximum absolute atomic E-state index is 13.0. The summed E-state index contributed by atoms with van der Waals surface area (Å²) in [6, 6.07) is 11.3. The average Bonchev–Trinajstić information content (AvgIpc) is 3.27. The molecule has 6 nitrogen and oxygen atoms in total. The molecular formula is C21H24N2O4S. The third kappa shape index (κ3) is 3.99. The van der Waals surface area contributed by atoms with E-state index in [-0.39, 0.29) is 23.8 Å². The summed E-state index contributed by atoms with van der Waals surface area (Å²) >= 11 is 1.44. The highest BCUT2D eigenvalue weighted by Crippen LogP contribution is 2.31. The van der Waals surface area contributed by atoms with Gasteiger partial charge in [0.2, 0.25) is 5.91 Å². The Hall–Kier alpha value is -2.54. The van der Waals surface area contributed by atoms with Crippen molar-refractivity contribution < 1.29 is 19.1 Å². The van der Waals surface area contributed by atoms with E-state index in [1.807, 2.05) is 46.7 Å². The molecule has 1 saturated heterocycles. The van der Waals surface area contributed by atoms with E-state index in [1.165, 1.54) is 11.3 Å². The first-order chi connectivity index (χ1) is 13.6. The molecule has 1 aromatic carbocycles. The summed E-state index contributed by atoms with van der Waals surface area (Å²) < 4.78 is 11.7. The van der Waals surface area contributed by atoms with Crippen LogP contribution < -0.4 is 9.47 Å². The van der Waals surface area contributed by atoms with Gasteiger partial charge in [0.15, 0.2) is 17.6 Å². The molecule has 3 heterocycles. The van der Waals surface area contributed by atoms with Gasteiger partial charge in [0, 0.05) is 20.1 Å². The van der Waals surface area contributed by atoms with Gasteiger partial charge in [-0.3, -0.25) is 9.59 Å². The van der Waals surface area contributed by atoms with Crippen LogP contribution in [0.1, 0.15) is 22.5 Å². The lowest BCUT2D eigenvalue weighted by Gasteiger charge is -2.35. The summed E-state index contributed by atoms with van der Waals surface area (Å²) in [7, 11) is 1.80. The smallest absolute Gasteiger partial charge is 0.263 e. The van der Waals surface area contributed by atoms with Gasteiger partial charge in [-0.05, 0) is 36.4 Å². The van der Waals surface area contributed by atoms with E-state index in [1.54, 1.807) is 11.9 Å². The number of amides is 2. The first kappa shape index (κ1) is 18.8. The van der Waals surface area contributed by atoms with Crippen molar-refractivity contribution in [1.82, 2.24) is 9.80 Å². The number of ether oxygens (including phenoxy) is 2. The summed E-state index contributed by atoms with van der Waals surface area (Å²) in [5, 5.41) is 1.90. The van der Waals surface area contributed by atoms with Gasteiger partial charge in [0.25, 0.3) is 5.91 Å². The molecule has 1 aromatic heterocycles. The number of hydrogen-bond donors (Lipinski definition) is 0. The van der Waals surface area contributed by atoms with Crippen molar-refractivity contribution in [3.8, 4) is 11.5 Å². The molecule has 28 heavy (non-hydrogen) atoms. The quantitative estimate of drug-likeness (QED) is 0.792. The van der Waals surface area contributed by atoms with E-state index >= 15 is 0 Å². The largest absolute Gasteiger partial charge is 0.486 e. The Labute approximate surface area is 168 Å². The normalized spacial score (nSPS) is 21.2. The molecule has 2 aliphatic rings. The number of para-hydroxylation sites is 2. The number of thiophene rings is 1. The van der Waals surface area contributed by atoms with Gasteiger partial charge >= 0.3 is 0 Å². The Kier molecular flexibility index (Phi) is 5.52. The lowest BCUT2D eigenvalue weighted by molar-refractivity contribution is -0.137. The van der Waals surface area contributed by atoms with Gasteiger partial charge in [-0.15, -0.1) is 11.3 Å². The summed E-state index contributed by atoms with van der Waals surface area (Å²) in [6.07, 6.45) is 1.45. The maximum Gasteiger partial charge on any atom is 0.263 e. The van der Waals surface area contributed by atoms with Crippen LogP contribution in [0.25, 0.3) is 0 Å². The fourth-order valence-corrected chi connectivity index (χ4v) is 4.47. The lowest BCUT2D eigenvalue weighted by atomic mass is 9.96. The summed E-state index contributed by atoms with van der Waals surface area (Å²) in [6.45, 7) is 2.07. The van der Waals surface area contributed by atoms with Crippen molar-refractivity contribution in [3.05, 3.63) is 46.7 Å². The van der Waals surface area contributed by atoms with Crippen LogP contribution in [0.2, 0.25) is 0 Å². The number of fused-ring (bicyclic) bond motifs is 1. The van der Waals surface area contributed by atoms with Crippen LogP contribution in [0.15, 0.2) is 41.8 Å². The minimum absolute atomic E-state index is 0.0239. The van der Waals surface area contributed by atoms with Crippen LogP contribution in [0.5, 0.6) is 11.5 Å². The van der Waals surface area contributed by atoms with E-state index in [4.69, 9.17) is 9.47 Å². The van der Waals surface area contributed by atoms with E-state index in [9.17, 15) is 9.59 Å². The van der Waals surface area contributed by atoms with Crippen molar-refractivity contribution >= 4 is 23.2 Å². The molecule has 1 fully saturated rings. The van der Waals surface area contributed by atoms with E-state index in [2.05, 4.69) is 0 Å². The van der Waals surface area contributed by atoms with E-state index < -0.39 is 0 Å². The number of carbonyl (C=O) groups is 2. The van der Waals surface area contributed by atoms with Crippen molar-refractivity contribution in [2.45, 2.75) is 18.9 Å². The summed E-state index contributed by atoms with van der Waals surface area (Å²) in [5.74, 6) is 1.37. The third-order valence-electron chi connectivity index (χ3n) is 5.21. The molecule has 2 atom stereocenters. The number of benzene rings is 1. The first-order valence-electron chi connectivity index (χ1n) is 9.58. The van der Waals surface area contributed by atoms with Gasteiger partial charge in [0.05, 0.1) is 17.3 Å². The van der Waals surface area contributed by atoms with Crippen LogP contribution >= 0.6 is 11.3 Å². The molecule has 0 spiro atoms. The molecule has 0 N–H and O–H groups in total. The zero-order valence-electron chi connectivity index (χ0n) is 15.9. The predicted molar refractivity (Wildman–Crippen MR) is 107 cm³/mol. The number of rotatable bonds is 4. The SMILES string of the molecule is CN(C[C@@H]1COc2ccccc2O1)C(=O)[C@@H]1CCCN(C(=O)c2cccs2)C1. The highest BCUT2D eigenvalue weighted by molar-refractivity contribution is 7.12.